The highest BCUT2D eigenvalue weighted by atomic mass is 19.1. The van der Waals surface area contributed by atoms with Gasteiger partial charge in [0.25, 0.3) is 0 Å². The second-order valence-electron chi connectivity index (χ2n) is 4.52. The maximum absolute atomic E-state index is 13.6. The van der Waals surface area contributed by atoms with Crippen molar-refractivity contribution in [3.05, 3.63) is 59.8 Å². The first-order valence-corrected chi connectivity index (χ1v) is 6.33. The molecule has 0 spiro atoms. The number of carbonyl (C=O) groups is 1. The van der Waals surface area contributed by atoms with E-state index < -0.39 is 17.8 Å². The van der Waals surface area contributed by atoms with Crippen molar-refractivity contribution in [2.24, 2.45) is 0 Å². The summed E-state index contributed by atoms with van der Waals surface area (Å²) in [6, 6.07) is 9.42. The third-order valence-electron chi connectivity index (χ3n) is 3.11. The lowest BCUT2D eigenvalue weighted by Crippen LogP contribution is -2.32. The monoisotopic (exact) mass is 277 g/mol. The summed E-state index contributed by atoms with van der Waals surface area (Å²) in [5, 5.41) is 12.4. The zero-order valence-electron chi connectivity index (χ0n) is 11.0. The molecule has 0 aliphatic rings. The highest BCUT2D eigenvalue weighted by molar-refractivity contribution is 5.83. The number of hydrogen-bond donors (Lipinski definition) is 2. The van der Waals surface area contributed by atoms with Crippen molar-refractivity contribution in [2.75, 3.05) is 6.54 Å². The van der Waals surface area contributed by atoms with Crippen molar-refractivity contribution < 1.29 is 18.7 Å². The molecule has 2 rings (SSSR count). The number of aliphatic hydroxyl groups is 1. The van der Waals surface area contributed by atoms with E-state index in [9.17, 15) is 14.3 Å². The number of amides is 1. The summed E-state index contributed by atoms with van der Waals surface area (Å²) >= 11 is 0. The van der Waals surface area contributed by atoms with Crippen LogP contribution in [0.2, 0.25) is 0 Å². The van der Waals surface area contributed by atoms with E-state index >= 15 is 0 Å². The molecule has 1 aromatic carbocycles. The lowest BCUT2D eigenvalue weighted by Gasteiger charge is -2.15. The van der Waals surface area contributed by atoms with Gasteiger partial charge in [0.15, 0.2) is 0 Å². The Bertz CT molecular complexity index is 568. The molecule has 0 saturated heterocycles. The van der Waals surface area contributed by atoms with E-state index in [1.54, 1.807) is 37.3 Å². The topological polar surface area (TPSA) is 62.5 Å². The summed E-state index contributed by atoms with van der Waals surface area (Å²) in [6.45, 7) is 1.64. The van der Waals surface area contributed by atoms with Crippen LogP contribution in [0.4, 0.5) is 4.39 Å². The summed E-state index contributed by atoms with van der Waals surface area (Å²) in [4.78, 5) is 12.0. The fourth-order valence-corrected chi connectivity index (χ4v) is 1.90. The van der Waals surface area contributed by atoms with Gasteiger partial charge in [-0.25, -0.2) is 4.39 Å². The van der Waals surface area contributed by atoms with Gasteiger partial charge in [-0.3, -0.25) is 4.79 Å². The quantitative estimate of drug-likeness (QED) is 0.882. The molecule has 2 aromatic rings. The number of furan rings is 1. The maximum atomic E-state index is 13.6. The predicted molar refractivity (Wildman–Crippen MR) is 71.5 cm³/mol. The molecule has 2 unspecified atom stereocenters. The summed E-state index contributed by atoms with van der Waals surface area (Å²) < 4.78 is 18.6. The maximum Gasteiger partial charge on any atom is 0.227 e. The molecule has 0 saturated carbocycles. The Morgan fingerprint density at radius 3 is 2.75 bits per heavy atom. The molecule has 4 nitrogen and oxygen atoms in total. The van der Waals surface area contributed by atoms with Gasteiger partial charge in [-0.1, -0.05) is 18.2 Å². The minimum absolute atomic E-state index is 0.0190. The molecule has 106 valence electrons. The number of hydrogen-bond acceptors (Lipinski definition) is 3. The lowest BCUT2D eigenvalue weighted by atomic mass is 10.00. The Morgan fingerprint density at radius 1 is 1.35 bits per heavy atom. The Kier molecular flexibility index (Phi) is 4.53. The molecule has 0 aliphatic heterocycles. The number of benzene rings is 1. The van der Waals surface area contributed by atoms with Crippen molar-refractivity contribution in [3.63, 3.8) is 0 Å². The van der Waals surface area contributed by atoms with Crippen LogP contribution in [0.1, 0.15) is 30.3 Å². The van der Waals surface area contributed by atoms with Crippen LogP contribution in [0, 0.1) is 5.82 Å². The first-order valence-electron chi connectivity index (χ1n) is 6.33. The number of rotatable bonds is 5. The third-order valence-corrected chi connectivity index (χ3v) is 3.11. The number of halogens is 1. The largest absolute Gasteiger partial charge is 0.467 e. The van der Waals surface area contributed by atoms with Gasteiger partial charge in [-0.15, -0.1) is 0 Å². The van der Waals surface area contributed by atoms with Gasteiger partial charge in [0, 0.05) is 0 Å². The number of aliphatic hydroxyl groups excluding tert-OH is 1. The van der Waals surface area contributed by atoms with Crippen LogP contribution in [0.25, 0.3) is 0 Å². The van der Waals surface area contributed by atoms with E-state index in [-0.39, 0.29) is 12.5 Å². The molecule has 1 amide bonds. The molecule has 1 heterocycles. The molecule has 20 heavy (non-hydrogen) atoms. The summed E-state index contributed by atoms with van der Waals surface area (Å²) in [6.07, 6.45) is 0.532. The van der Waals surface area contributed by atoms with Gasteiger partial charge in [-0.2, -0.15) is 0 Å². The summed E-state index contributed by atoms with van der Waals surface area (Å²) in [5.41, 5.74) is 0.331. The first-order chi connectivity index (χ1) is 9.59. The van der Waals surface area contributed by atoms with Gasteiger partial charge in [0.05, 0.1) is 18.7 Å². The number of carbonyl (C=O) groups excluding carboxylic acids is 1. The SMILES string of the molecule is CC(C(=O)NCC(O)c1ccco1)c1ccccc1F. The van der Waals surface area contributed by atoms with Crippen molar-refractivity contribution in [2.45, 2.75) is 18.9 Å². The van der Waals surface area contributed by atoms with Crippen LogP contribution in [0.5, 0.6) is 0 Å². The molecule has 0 fully saturated rings. The Balaban J connectivity index is 1.93. The standard InChI is InChI=1S/C15H16FNO3/c1-10(11-5-2-3-6-12(11)16)15(19)17-9-13(18)14-7-4-8-20-14/h2-8,10,13,18H,9H2,1H3,(H,17,19). The highest BCUT2D eigenvalue weighted by Crippen LogP contribution is 2.19. The van der Waals surface area contributed by atoms with Gasteiger partial charge in [0.2, 0.25) is 5.91 Å². The van der Waals surface area contributed by atoms with Crippen LogP contribution in [-0.2, 0) is 4.79 Å². The second-order valence-corrected chi connectivity index (χ2v) is 4.52. The normalized spacial score (nSPS) is 13.8. The van der Waals surface area contributed by atoms with Gasteiger partial charge < -0.3 is 14.8 Å². The molecule has 0 aliphatic carbocycles. The minimum Gasteiger partial charge on any atom is -0.467 e. The molecular weight excluding hydrogens is 261 g/mol. The average Bonchev–Trinajstić information content (AvgIpc) is 2.98. The molecule has 0 radical (unpaired) electrons. The smallest absolute Gasteiger partial charge is 0.227 e. The zero-order valence-corrected chi connectivity index (χ0v) is 11.0. The van der Waals surface area contributed by atoms with E-state index in [0.29, 0.717) is 11.3 Å². The van der Waals surface area contributed by atoms with Crippen LogP contribution in [0.3, 0.4) is 0 Å². The molecule has 2 atom stereocenters. The first kappa shape index (κ1) is 14.3. The van der Waals surface area contributed by atoms with E-state index in [2.05, 4.69) is 5.32 Å². The van der Waals surface area contributed by atoms with Crippen molar-refractivity contribution in [1.82, 2.24) is 5.32 Å². The number of nitrogens with one attached hydrogen (secondary N) is 1. The molecule has 0 bridgehead atoms. The Labute approximate surface area is 116 Å². The van der Waals surface area contributed by atoms with Gasteiger partial charge in [-0.05, 0) is 30.7 Å². The fourth-order valence-electron chi connectivity index (χ4n) is 1.90. The van der Waals surface area contributed by atoms with Crippen molar-refractivity contribution >= 4 is 5.91 Å². The predicted octanol–water partition coefficient (Wildman–Crippen LogP) is 2.37. The third kappa shape index (κ3) is 3.24. The minimum atomic E-state index is -0.915. The van der Waals surface area contributed by atoms with Gasteiger partial charge >= 0.3 is 0 Å². The van der Waals surface area contributed by atoms with Crippen LogP contribution >= 0.6 is 0 Å². The van der Waals surface area contributed by atoms with E-state index in [1.807, 2.05) is 0 Å². The van der Waals surface area contributed by atoms with Crippen LogP contribution in [-0.4, -0.2) is 17.6 Å². The van der Waals surface area contributed by atoms with E-state index in [4.69, 9.17) is 4.42 Å². The van der Waals surface area contributed by atoms with Gasteiger partial charge in [0.1, 0.15) is 17.7 Å². The van der Waals surface area contributed by atoms with Crippen molar-refractivity contribution in [3.8, 4) is 0 Å². The zero-order chi connectivity index (χ0) is 14.5. The molecule has 5 heteroatoms. The van der Waals surface area contributed by atoms with E-state index in [0.717, 1.165) is 0 Å². The Morgan fingerprint density at radius 2 is 2.10 bits per heavy atom. The fraction of sp³-hybridized carbons (Fsp3) is 0.267. The lowest BCUT2D eigenvalue weighted by molar-refractivity contribution is -0.122. The summed E-state index contributed by atoms with van der Waals surface area (Å²) in [7, 11) is 0. The van der Waals surface area contributed by atoms with Crippen molar-refractivity contribution in [1.29, 1.82) is 0 Å². The van der Waals surface area contributed by atoms with E-state index in [1.165, 1.54) is 12.3 Å². The molecule has 1 aromatic heterocycles. The molecule has 2 N–H and O–H groups in total. The second kappa shape index (κ2) is 6.34. The summed E-state index contributed by atoms with van der Waals surface area (Å²) in [5.74, 6) is -1.01. The van der Waals surface area contributed by atoms with Crippen LogP contribution in [0.15, 0.2) is 47.1 Å². The Hall–Kier alpha value is -2.14. The van der Waals surface area contributed by atoms with Crippen LogP contribution < -0.4 is 5.32 Å². The highest BCUT2D eigenvalue weighted by Gasteiger charge is 2.19. The average molecular weight is 277 g/mol. The molecular formula is C15H16FNO3.